The van der Waals surface area contributed by atoms with Crippen LogP contribution in [0, 0.1) is 0 Å². The van der Waals surface area contributed by atoms with E-state index >= 15 is 0 Å². The van der Waals surface area contributed by atoms with Gasteiger partial charge >= 0.3 is 0 Å². The van der Waals surface area contributed by atoms with E-state index in [1.807, 2.05) is 31.2 Å². The molecule has 1 rings (SSSR count). The van der Waals surface area contributed by atoms with Crippen molar-refractivity contribution < 1.29 is 4.79 Å². The number of rotatable bonds is 3. The van der Waals surface area contributed by atoms with E-state index in [1.54, 1.807) is 6.08 Å². The zero-order chi connectivity index (χ0) is 9.68. The molecule has 1 aromatic carbocycles. The van der Waals surface area contributed by atoms with E-state index in [1.165, 1.54) is 0 Å². The van der Waals surface area contributed by atoms with Crippen molar-refractivity contribution in [3.63, 3.8) is 0 Å². The van der Waals surface area contributed by atoms with Crippen molar-refractivity contribution in [3.8, 4) is 0 Å². The second-order valence-electron chi connectivity index (χ2n) is 2.73. The van der Waals surface area contributed by atoms with Gasteiger partial charge in [0.2, 0.25) is 5.91 Å². The molecule has 0 heterocycles. The van der Waals surface area contributed by atoms with Gasteiger partial charge in [0.1, 0.15) is 0 Å². The maximum absolute atomic E-state index is 11.0. The van der Waals surface area contributed by atoms with Crippen molar-refractivity contribution in [2.45, 2.75) is 13.3 Å². The Morgan fingerprint density at radius 2 is 2.08 bits per heavy atom. The number of hydrogen-bond acceptors (Lipinski definition) is 1. The summed E-state index contributed by atoms with van der Waals surface area (Å²) in [6.07, 6.45) is 2.27. The van der Waals surface area contributed by atoms with Crippen LogP contribution < -0.4 is 5.32 Å². The molecule has 0 fully saturated rings. The highest BCUT2D eigenvalue weighted by Crippen LogP contribution is 2.10. The first-order chi connectivity index (χ1) is 6.26. The Balaban J connectivity index is 2.69. The number of carbonyl (C=O) groups excluding carboxylic acids is 1. The van der Waals surface area contributed by atoms with Gasteiger partial charge in [-0.05, 0) is 17.7 Å². The summed E-state index contributed by atoms with van der Waals surface area (Å²) in [7, 11) is 0. The van der Waals surface area contributed by atoms with Crippen LogP contribution in [0.3, 0.4) is 0 Å². The minimum atomic E-state index is 0.0337. The Bertz CT molecular complexity index is 300. The molecular formula is C11H13NO. The van der Waals surface area contributed by atoms with E-state index in [0.717, 1.165) is 11.3 Å². The quantitative estimate of drug-likeness (QED) is 0.751. The Labute approximate surface area is 78.3 Å². The van der Waals surface area contributed by atoms with Gasteiger partial charge in [0, 0.05) is 12.1 Å². The highest BCUT2D eigenvalue weighted by atomic mass is 16.1. The molecule has 1 amide bonds. The molecule has 1 N–H and O–H groups in total. The predicted octanol–water partition coefficient (Wildman–Crippen LogP) is 2.68. The van der Waals surface area contributed by atoms with Crippen LogP contribution in [0.5, 0.6) is 0 Å². The van der Waals surface area contributed by atoms with Crippen LogP contribution in [0.2, 0.25) is 0 Å². The Morgan fingerprint density at radius 1 is 1.46 bits per heavy atom. The lowest BCUT2D eigenvalue weighted by molar-refractivity contribution is -0.115. The molecule has 2 nitrogen and oxygen atoms in total. The van der Waals surface area contributed by atoms with Gasteiger partial charge in [-0.3, -0.25) is 4.79 Å². The predicted molar refractivity (Wildman–Crippen MR) is 55.5 cm³/mol. The molecule has 68 valence electrons. The summed E-state index contributed by atoms with van der Waals surface area (Å²) in [5.74, 6) is 0.0337. The molecule has 0 aliphatic carbocycles. The Kier molecular flexibility index (Phi) is 3.26. The van der Waals surface area contributed by atoms with Crippen LogP contribution in [0.15, 0.2) is 30.8 Å². The summed E-state index contributed by atoms with van der Waals surface area (Å²) < 4.78 is 0. The van der Waals surface area contributed by atoms with Crippen molar-refractivity contribution >= 4 is 17.7 Å². The molecule has 2 heteroatoms. The molecule has 0 radical (unpaired) electrons. The van der Waals surface area contributed by atoms with Gasteiger partial charge < -0.3 is 5.32 Å². The fourth-order valence-corrected chi connectivity index (χ4v) is 0.952. The van der Waals surface area contributed by atoms with Gasteiger partial charge in [-0.1, -0.05) is 31.7 Å². The average molecular weight is 175 g/mol. The highest BCUT2D eigenvalue weighted by molar-refractivity contribution is 5.90. The minimum absolute atomic E-state index is 0.0337. The molecule has 1 aromatic rings. The van der Waals surface area contributed by atoms with Gasteiger partial charge in [-0.2, -0.15) is 0 Å². The van der Waals surface area contributed by atoms with Gasteiger partial charge in [0.25, 0.3) is 0 Å². The van der Waals surface area contributed by atoms with Crippen LogP contribution in [0.1, 0.15) is 18.9 Å². The first-order valence-corrected chi connectivity index (χ1v) is 4.28. The largest absolute Gasteiger partial charge is 0.326 e. The number of benzene rings is 1. The number of anilines is 1. The molecular weight excluding hydrogens is 162 g/mol. The summed E-state index contributed by atoms with van der Waals surface area (Å²) in [6, 6.07) is 7.56. The maximum Gasteiger partial charge on any atom is 0.224 e. The zero-order valence-electron chi connectivity index (χ0n) is 7.71. The minimum Gasteiger partial charge on any atom is -0.326 e. The zero-order valence-corrected chi connectivity index (χ0v) is 7.71. The first-order valence-electron chi connectivity index (χ1n) is 4.28. The van der Waals surface area contributed by atoms with Crippen molar-refractivity contribution in [3.05, 3.63) is 36.4 Å². The third-order valence-electron chi connectivity index (χ3n) is 1.75. The van der Waals surface area contributed by atoms with E-state index in [4.69, 9.17) is 0 Å². The third-order valence-corrected chi connectivity index (χ3v) is 1.75. The number of hydrogen-bond donors (Lipinski definition) is 1. The lowest BCUT2D eigenvalue weighted by Gasteiger charge is -2.02. The topological polar surface area (TPSA) is 29.1 Å². The summed E-state index contributed by atoms with van der Waals surface area (Å²) >= 11 is 0. The fraction of sp³-hybridized carbons (Fsp3) is 0.182. The monoisotopic (exact) mass is 175 g/mol. The van der Waals surface area contributed by atoms with Crippen LogP contribution in [0.25, 0.3) is 6.08 Å². The van der Waals surface area contributed by atoms with Crippen LogP contribution in [-0.2, 0) is 4.79 Å². The second kappa shape index (κ2) is 4.45. The second-order valence-corrected chi connectivity index (χ2v) is 2.73. The SMILES string of the molecule is C=Cc1ccc(NC(=O)CC)cc1. The normalized spacial score (nSPS) is 9.31. The van der Waals surface area contributed by atoms with Crippen molar-refractivity contribution in [2.24, 2.45) is 0 Å². The van der Waals surface area contributed by atoms with E-state index < -0.39 is 0 Å². The molecule has 0 saturated heterocycles. The van der Waals surface area contributed by atoms with Gasteiger partial charge in [-0.15, -0.1) is 0 Å². The summed E-state index contributed by atoms with van der Waals surface area (Å²) in [5.41, 5.74) is 1.88. The fourth-order valence-electron chi connectivity index (χ4n) is 0.952. The number of amides is 1. The van der Waals surface area contributed by atoms with E-state index in [-0.39, 0.29) is 5.91 Å². The summed E-state index contributed by atoms with van der Waals surface area (Å²) in [5, 5.41) is 2.77. The lowest BCUT2D eigenvalue weighted by atomic mass is 10.2. The van der Waals surface area contributed by atoms with Crippen LogP contribution >= 0.6 is 0 Å². The van der Waals surface area contributed by atoms with Crippen LogP contribution in [-0.4, -0.2) is 5.91 Å². The number of nitrogens with one attached hydrogen (secondary N) is 1. The first kappa shape index (κ1) is 9.52. The number of carbonyl (C=O) groups is 1. The molecule has 0 aliphatic heterocycles. The van der Waals surface area contributed by atoms with Crippen molar-refractivity contribution in [1.82, 2.24) is 0 Å². The van der Waals surface area contributed by atoms with Gasteiger partial charge in [0.05, 0.1) is 0 Å². The van der Waals surface area contributed by atoms with Crippen molar-refractivity contribution in [2.75, 3.05) is 5.32 Å². The summed E-state index contributed by atoms with van der Waals surface area (Å²) in [6.45, 7) is 5.48. The molecule has 0 unspecified atom stereocenters. The van der Waals surface area contributed by atoms with Crippen LogP contribution in [0.4, 0.5) is 5.69 Å². The molecule has 0 atom stereocenters. The van der Waals surface area contributed by atoms with Crippen molar-refractivity contribution in [1.29, 1.82) is 0 Å². The van der Waals surface area contributed by atoms with E-state index in [2.05, 4.69) is 11.9 Å². The van der Waals surface area contributed by atoms with E-state index in [9.17, 15) is 4.79 Å². The molecule has 0 saturated carbocycles. The highest BCUT2D eigenvalue weighted by Gasteiger charge is 1.97. The maximum atomic E-state index is 11.0. The average Bonchev–Trinajstić information content (AvgIpc) is 2.19. The molecule has 13 heavy (non-hydrogen) atoms. The Morgan fingerprint density at radius 3 is 2.54 bits per heavy atom. The molecule has 0 aliphatic rings. The Hall–Kier alpha value is -1.57. The van der Waals surface area contributed by atoms with Gasteiger partial charge in [0.15, 0.2) is 0 Å². The van der Waals surface area contributed by atoms with Gasteiger partial charge in [-0.25, -0.2) is 0 Å². The van der Waals surface area contributed by atoms with E-state index in [0.29, 0.717) is 6.42 Å². The third kappa shape index (κ3) is 2.75. The standard InChI is InChI=1S/C11H13NO/c1-3-9-5-7-10(8-6-9)12-11(13)4-2/h3,5-8H,1,4H2,2H3,(H,12,13). The lowest BCUT2D eigenvalue weighted by Crippen LogP contribution is -2.08. The smallest absolute Gasteiger partial charge is 0.224 e. The molecule has 0 aromatic heterocycles. The summed E-state index contributed by atoms with van der Waals surface area (Å²) in [4.78, 5) is 11.0. The molecule has 0 spiro atoms. The molecule has 0 bridgehead atoms.